The van der Waals surface area contributed by atoms with Gasteiger partial charge in [-0.05, 0) is 83.1 Å². The number of carboxylic acid groups (broad SMARTS) is 1. The Hall–Kier alpha value is -3.55. The number of fused-ring (bicyclic) bond motifs is 3. The number of ether oxygens (including phenoxy) is 1. The number of hydroxylamine groups is 2. The van der Waals surface area contributed by atoms with Gasteiger partial charge in [-0.15, -0.1) is 9.98 Å². The maximum Gasteiger partial charge on any atom is 0.414 e. The van der Waals surface area contributed by atoms with Crippen LogP contribution in [0.3, 0.4) is 0 Å². The van der Waals surface area contributed by atoms with Crippen LogP contribution in [0.15, 0.2) is 53.5 Å². The van der Waals surface area contributed by atoms with E-state index in [2.05, 4.69) is 45.5 Å². The smallest absolute Gasteiger partial charge is 0.414 e. The zero-order valence-electron chi connectivity index (χ0n) is 25.1. The summed E-state index contributed by atoms with van der Waals surface area (Å²) in [6.07, 6.45) is 0.558. The Morgan fingerprint density at radius 2 is 1.52 bits per heavy atom. The number of rotatable bonds is 13. The first-order valence-electron chi connectivity index (χ1n) is 13.9. The molecule has 0 bridgehead atoms. The predicted octanol–water partition coefficient (Wildman–Crippen LogP) is 5.01. The monoisotopic (exact) mass is 586 g/mol. The maximum absolute atomic E-state index is 12.2. The summed E-state index contributed by atoms with van der Waals surface area (Å²) in [7, 11) is 0. The Morgan fingerprint density at radius 3 is 2.10 bits per heavy atom. The van der Waals surface area contributed by atoms with Gasteiger partial charge in [0.25, 0.3) is 0 Å². The van der Waals surface area contributed by atoms with E-state index in [1.54, 1.807) is 41.5 Å². The van der Waals surface area contributed by atoms with Crippen LogP contribution in [0.25, 0.3) is 11.1 Å². The molecule has 42 heavy (non-hydrogen) atoms. The van der Waals surface area contributed by atoms with Gasteiger partial charge in [-0.3, -0.25) is 15.1 Å². The zero-order chi connectivity index (χ0) is 30.8. The lowest BCUT2D eigenvalue weighted by Crippen LogP contribution is -2.44. The van der Waals surface area contributed by atoms with Crippen LogP contribution in [-0.4, -0.2) is 53.5 Å². The minimum atomic E-state index is -1.07. The van der Waals surface area contributed by atoms with E-state index in [0.717, 1.165) is 22.3 Å². The molecule has 4 N–H and O–H groups in total. The second-order valence-electron chi connectivity index (χ2n) is 11.8. The highest BCUT2D eigenvalue weighted by atomic mass is 17.3. The molecule has 1 aliphatic rings. The Labute approximate surface area is 246 Å². The summed E-state index contributed by atoms with van der Waals surface area (Å²) in [5.74, 6) is -1.09. The highest BCUT2D eigenvalue weighted by Gasteiger charge is 2.28. The molecule has 0 spiro atoms. The highest BCUT2D eigenvalue weighted by molar-refractivity contribution is 5.93. The molecule has 1 aliphatic carbocycles. The van der Waals surface area contributed by atoms with Crippen LogP contribution >= 0.6 is 0 Å². The lowest BCUT2D eigenvalue weighted by atomic mass is 9.98. The number of carboxylic acids is 1. The Bertz CT molecular complexity index is 1180. The molecule has 230 valence electrons. The molecule has 0 aliphatic heterocycles. The fraction of sp³-hybridized carbons (Fsp3) is 0.500. The summed E-state index contributed by atoms with van der Waals surface area (Å²) in [4.78, 5) is 48.9. The van der Waals surface area contributed by atoms with Crippen LogP contribution in [0.1, 0.15) is 77.8 Å². The summed E-state index contributed by atoms with van der Waals surface area (Å²) in [6.45, 7) is 11.1. The molecule has 1 atom stereocenters. The van der Waals surface area contributed by atoms with Crippen molar-refractivity contribution in [2.24, 2.45) is 4.99 Å². The molecule has 0 heterocycles. The number of alkyl carbamates (subject to hydrolysis) is 1. The molecule has 2 aromatic rings. The number of amides is 1. The van der Waals surface area contributed by atoms with E-state index in [0.29, 0.717) is 12.8 Å². The summed E-state index contributed by atoms with van der Waals surface area (Å²) in [5, 5.41) is 12.1. The minimum Gasteiger partial charge on any atom is -0.480 e. The van der Waals surface area contributed by atoms with Gasteiger partial charge in [0.05, 0.1) is 12.2 Å². The minimum absolute atomic E-state index is 0.00629. The zero-order valence-corrected chi connectivity index (χ0v) is 25.1. The van der Waals surface area contributed by atoms with Gasteiger partial charge in [0, 0.05) is 12.5 Å². The van der Waals surface area contributed by atoms with E-state index in [-0.39, 0.29) is 31.4 Å². The van der Waals surface area contributed by atoms with E-state index in [1.807, 2.05) is 24.3 Å². The summed E-state index contributed by atoms with van der Waals surface area (Å²) in [5.41, 5.74) is 8.26. The Balaban J connectivity index is 1.44. The Morgan fingerprint density at radius 1 is 0.905 bits per heavy atom. The van der Waals surface area contributed by atoms with Crippen molar-refractivity contribution >= 4 is 18.0 Å². The average molecular weight is 587 g/mol. The molecular weight excluding hydrogens is 544 g/mol. The molecular formula is C30H42N4O8. The number of hydrogen-bond donors (Lipinski definition) is 4. The first-order chi connectivity index (χ1) is 19.8. The summed E-state index contributed by atoms with van der Waals surface area (Å²) < 4.78 is 5.25. The molecule has 3 rings (SSSR count). The number of nitrogens with one attached hydrogen (secondary N) is 3. The number of benzene rings is 2. The van der Waals surface area contributed by atoms with E-state index in [1.165, 1.54) is 0 Å². The van der Waals surface area contributed by atoms with Crippen molar-refractivity contribution in [3.8, 4) is 11.1 Å². The molecule has 0 fully saturated rings. The fourth-order valence-electron chi connectivity index (χ4n) is 4.20. The van der Waals surface area contributed by atoms with Crippen molar-refractivity contribution in [2.75, 3.05) is 13.2 Å². The van der Waals surface area contributed by atoms with Crippen molar-refractivity contribution in [3.63, 3.8) is 0 Å². The molecule has 1 amide bonds. The van der Waals surface area contributed by atoms with Crippen LogP contribution in [0.4, 0.5) is 4.79 Å². The summed E-state index contributed by atoms with van der Waals surface area (Å²) >= 11 is 0. The SMILES string of the molecule is CC(C)(C)OONC(=NCCCC[C@H](NOOCC1c2ccccc2-c2ccccc21)C(=O)O)NC(=O)OC(C)(C)C. The third kappa shape index (κ3) is 10.7. The third-order valence-electron chi connectivity index (χ3n) is 5.96. The number of guanidine groups is 1. The molecule has 0 saturated heterocycles. The average Bonchev–Trinajstić information content (AvgIpc) is 3.21. The number of aliphatic imine (C=N–C) groups is 1. The summed E-state index contributed by atoms with van der Waals surface area (Å²) in [6, 6.07) is 15.3. The molecule has 2 aromatic carbocycles. The van der Waals surface area contributed by atoms with E-state index in [4.69, 9.17) is 24.5 Å². The van der Waals surface area contributed by atoms with Gasteiger partial charge in [0.1, 0.15) is 11.6 Å². The topological polar surface area (TPSA) is 149 Å². The first kappa shape index (κ1) is 33.0. The number of aliphatic carboxylic acids is 1. The van der Waals surface area contributed by atoms with Crippen molar-refractivity contribution in [1.82, 2.24) is 16.3 Å². The molecule has 0 unspecified atom stereocenters. The molecule has 12 nitrogen and oxygen atoms in total. The predicted molar refractivity (Wildman–Crippen MR) is 156 cm³/mol. The largest absolute Gasteiger partial charge is 0.480 e. The van der Waals surface area contributed by atoms with Crippen molar-refractivity contribution < 1.29 is 39.2 Å². The molecule has 0 radical (unpaired) electrons. The van der Waals surface area contributed by atoms with Gasteiger partial charge in [0.15, 0.2) is 0 Å². The number of nitrogens with zero attached hydrogens (tertiary/aromatic N) is 1. The lowest BCUT2D eigenvalue weighted by Gasteiger charge is -2.21. The van der Waals surface area contributed by atoms with E-state index >= 15 is 0 Å². The quantitative estimate of drug-likeness (QED) is 0.0830. The maximum atomic E-state index is 12.2. The first-order valence-corrected chi connectivity index (χ1v) is 13.9. The molecule has 0 aromatic heterocycles. The second-order valence-corrected chi connectivity index (χ2v) is 11.8. The van der Waals surface area contributed by atoms with Gasteiger partial charge >= 0.3 is 12.1 Å². The van der Waals surface area contributed by atoms with Gasteiger partial charge in [0.2, 0.25) is 5.96 Å². The molecule has 12 heteroatoms. The van der Waals surface area contributed by atoms with E-state index < -0.39 is 29.3 Å². The van der Waals surface area contributed by atoms with E-state index in [9.17, 15) is 14.7 Å². The number of carbonyl (C=O) groups is 2. The van der Waals surface area contributed by atoms with Crippen molar-refractivity contribution in [2.45, 2.75) is 84.0 Å². The standard InChI is InChI=1S/C30H42N4O8/c1-29(2,3)39-28(37)32-27(34-42-40-30(4,5)6)31-18-12-11-17-25(26(35)36)33-41-38-19-24-22-15-9-7-13-20(22)21-14-8-10-16-23(21)24/h7-10,13-16,24-25,33H,11-12,17-19H2,1-6H3,(H,35,36)(H2,31,32,34,37)/t25-/m0/s1. The highest BCUT2D eigenvalue weighted by Crippen LogP contribution is 2.44. The molecule has 0 saturated carbocycles. The van der Waals surface area contributed by atoms with Gasteiger partial charge < -0.3 is 9.84 Å². The normalized spacial score (nSPS) is 14.2. The van der Waals surface area contributed by atoms with Gasteiger partial charge in [-0.1, -0.05) is 48.5 Å². The van der Waals surface area contributed by atoms with Crippen LogP contribution < -0.4 is 16.3 Å². The van der Waals surface area contributed by atoms with Crippen molar-refractivity contribution in [1.29, 1.82) is 0 Å². The lowest BCUT2D eigenvalue weighted by molar-refractivity contribution is -0.372. The van der Waals surface area contributed by atoms with Crippen LogP contribution in [-0.2, 0) is 29.3 Å². The van der Waals surface area contributed by atoms with Gasteiger partial charge in [-0.2, -0.15) is 5.48 Å². The number of unbranched alkanes of at least 4 members (excludes halogenated alkanes) is 1. The van der Waals surface area contributed by atoms with Crippen LogP contribution in [0.2, 0.25) is 0 Å². The van der Waals surface area contributed by atoms with Crippen molar-refractivity contribution in [3.05, 3.63) is 59.7 Å². The second kappa shape index (κ2) is 15.1. The number of hydrogen-bond acceptors (Lipinski definition) is 9. The Kier molecular flexibility index (Phi) is 11.8. The fourth-order valence-corrected chi connectivity index (χ4v) is 4.20. The van der Waals surface area contributed by atoms with Crippen LogP contribution in [0.5, 0.6) is 0 Å². The van der Waals surface area contributed by atoms with Gasteiger partial charge in [-0.25, -0.2) is 20.0 Å². The third-order valence-corrected chi connectivity index (χ3v) is 5.96. The number of carbonyl (C=O) groups excluding carboxylic acids is 1. The van der Waals surface area contributed by atoms with Crippen LogP contribution in [0, 0.1) is 0 Å².